The molecular formula is C24H28ClN3O2. The number of amides is 1. The Kier molecular flexibility index (Phi) is 6.90. The number of nitrogens with one attached hydrogen (secondary N) is 1. The van der Waals surface area contributed by atoms with Gasteiger partial charge in [-0.05, 0) is 43.5 Å². The van der Waals surface area contributed by atoms with Gasteiger partial charge in [0.15, 0.2) is 0 Å². The maximum atomic E-state index is 12.6. The molecule has 0 unspecified atom stereocenters. The average molecular weight is 426 g/mol. The van der Waals surface area contributed by atoms with Crippen LogP contribution in [0.5, 0.6) is 5.75 Å². The molecule has 1 fully saturated rings. The van der Waals surface area contributed by atoms with Crippen molar-refractivity contribution in [3.63, 3.8) is 0 Å². The Balaban J connectivity index is 1.39. The van der Waals surface area contributed by atoms with E-state index in [9.17, 15) is 4.79 Å². The number of aromatic nitrogens is 2. The highest BCUT2D eigenvalue weighted by atomic mass is 35.5. The summed E-state index contributed by atoms with van der Waals surface area (Å²) in [5.41, 5.74) is 2.03. The standard InChI is InChI=1S/C24H28ClN3O2/c25-19-11-4-7-14-22(19)30-16-8-15-28-21-13-6-5-12-20(21)27-23(28)17-26-24(29)18-9-2-1-3-10-18/h4-7,11-14,18H,1-3,8-10,15-17H2,(H,26,29). The number of halogens is 1. The van der Waals surface area contributed by atoms with Crippen LogP contribution in [0.1, 0.15) is 44.3 Å². The fraction of sp³-hybridized carbons (Fsp3) is 0.417. The predicted octanol–water partition coefficient (Wildman–Crippen LogP) is 5.36. The number of hydrogen-bond donors (Lipinski definition) is 1. The molecule has 5 nitrogen and oxygen atoms in total. The molecule has 1 saturated carbocycles. The van der Waals surface area contributed by atoms with Crippen LogP contribution in [0.15, 0.2) is 48.5 Å². The largest absolute Gasteiger partial charge is 0.492 e. The van der Waals surface area contributed by atoms with E-state index in [2.05, 4.69) is 16.0 Å². The van der Waals surface area contributed by atoms with Crippen molar-refractivity contribution in [2.45, 2.75) is 51.6 Å². The maximum absolute atomic E-state index is 12.6. The highest BCUT2D eigenvalue weighted by Gasteiger charge is 2.21. The predicted molar refractivity (Wildman–Crippen MR) is 120 cm³/mol. The molecule has 1 aliphatic rings. The fourth-order valence-electron chi connectivity index (χ4n) is 4.15. The second-order valence-electron chi connectivity index (χ2n) is 7.85. The van der Waals surface area contributed by atoms with Crippen LogP contribution < -0.4 is 10.1 Å². The van der Waals surface area contributed by atoms with Gasteiger partial charge in [-0.15, -0.1) is 0 Å². The van der Waals surface area contributed by atoms with E-state index in [1.165, 1.54) is 6.42 Å². The van der Waals surface area contributed by atoms with Crippen molar-refractivity contribution in [1.29, 1.82) is 0 Å². The summed E-state index contributed by atoms with van der Waals surface area (Å²) >= 11 is 6.16. The molecule has 30 heavy (non-hydrogen) atoms. The average Bonchev–Trinajstić information content (AvgIpc) is 3.14. The Bertz CT molecular complexity index is 995. The number of fused-ring (bicyclic) bond motifs is 1. The number of imidazole rings is 1. The second kappa shape index (κ2) is 9.98. The van der Waals surface area contributed by atoms with Gasteiger partial charge in [-0.2, -0.15) is 0 Å². The van der Waals surface area contributed by atoms with Crippen molar-refractivity contribution in [3.8, 4) is 5.75 Å². The van der Waals surface area contributed by atoms with Gasteiger partial charge in [0.1, 0.15) is 11.6 Å². The number of rotatable bonds is 8. The van der Waals surface area contributed by atoms with Gasteiger partial charge >= 0.3 is 0 Å². The van der Waals surface area contributed by atoms with E-state index in [4.69, 9.17) is 21.3 Å². The van der Waals surface area contributed by atoms with E-state index < -0.39 is 0 Å². The molecule has 1 heterocycles. The number of para-hydroxylation sites is 3. The molecule has 1 aliphatic carbocycles. The Morgan fingerprint density at radius 1 is 1.10 bits per heavy atom. The van der Waals surface area contributed by atoms with Gasteiger partial charge in [-0.25, -0.2) is 4.98 Å². The molecule has 0 spiro atoms. The first-order chi connectivity index (χ1) is 14.7. The second-order valence-corrected chi connectivity index (χ2v) is 8.26. The third-order valence-corrected chi connectivity index (χ3v) is 6.06. The zero-order chi connectivity index (χ0) is 20.8. The summed E-state index contributed by atoms with van der Waals surface area (Å²) in [6.45, 7) is 1.78. The first-order valence-corrected chi connectivity index (χ1v) is 11.2. The minimum Gasteiger partial charge on any atom is -0.492 e. The molecule has 0 saturated heterocycles. The summed E-state index contributed by atoms with van der Waals surface area (Å²) in [6.07, 6.45) is 6.37. The zero-order valence-corrected chi connectivity index (χ0v) is 17.9. The summed E-state index contributed by atoms with van der Waals surface area (Å²) < 4.78 is 8.02. The highest BCUT2D eigenvalue weighted by Crippen LogP contribution is 2.25. The number of carbonyl (C=O) groups is 1. The number of aryl methyl sites for hydroxylation is 1. The summed E-state index contributed by atoms with van der Waals surface area (Å²) in [6, 6.07) is 15.6. The van der Waals surface area contributed by atoms with E-state index in [1.54, 1.807) is 0 Å². The van der Waals surface area contributed by atoms with Gasteiger partial charge in [-0.1, -0.05) is 55.1 Å². The number of nitrogens with zero attached hydrogens (tertiary/aromatic N) is 2. The Morgan fingerprint density at radius 2 is 1.87 bits per heavy atom. The van der Waals surface area contributed by atoms with Gasteiger partial charge in [0, 0.05) is 12.5 Å². The third kappa shape index (κ3) is 4.96. The lowest BCUT2D eigenvalue weighted by molar-refractivity contribution is -0.126. The Morgan fingerprint density at radius 3 is 2.70 bits per heavy atom. The number of hydrogen-bond acceptors (Lipinski definition) is 3. The summed E-state index contributed by atoms with van der Waals surface area (Å²) in [5, 5.41) is 3.74. The summed E-state index contributed by atoms with van der Waals surface area (Å²) in [7, 11) is 0. The quantitative estimate of drug-likeness (QED) is 0.494. The van der Waals surface area contributed by atoms with Crippen molar-refractivity contribution >= 4 is 28.5 Å². The van der Waals surface area contributed by atoms with Gasteiger partial charge in [-0.3, -0.25) is 4.79 Å². The van der Waals surface area contributed by atoms with Crippen molar-refractivity contribution in [1.82, 2.24) is 14.9 Å². The van der Waals surface area contributed by atoms with Crippen LogP contribution in [0.4, 0.5) is 0 Å². The number of benzene rings is 2. The molecule has 1 amide bonds. The van der Waals surface area contributed by atoms with Crippen LogP contribution in [0.25, 0.3) is 11.0 Å². The molecule has 0 atom stereocenters. The molecular weight excluding hydrogens is 398 g/mol. The van der Waals surface area contributed by atoms with Gasteiger partial charge in [0.2, 0.25) is 5.91 Å². The van der Waals surface area contributed by atoms with Crippen LogP contribution in [-0.2, 0) is 17.9 Å². The molecule has 1 N–H and O–H groups in total. The van der Waals surface area contributed by atoms with Crippen LogP contribution in [0, 0.1) is 5.92 Å². The third-order valence-electron chi connectivity index (χ3n) is 5.75. The van der Waals surface area contributed by atoms with Crippen LogP contribution in [0.3, 0.4) is 0 Å². The normalized spacial score (nSPS) is 14.7. The van der Waals surface area contributed by atoms with E-state index >= 15 is 0 Å². The van der Waals surface area contributed by atoms with E-state index in [0.29, 0.717) is 23.9 Å². The summed E-state index contributed by atoms with van der Waals surface area (Å²) in [5.74, 6) is 1.91. The van der Waals surface area contributed by atoms with E-state index in [-0.39, 0.29) is 11.8 Å². The number of ether oxygens (including phenoxy) is 1. The Labute approximate surface area is 182 Å². The first-order valence-electron chi connectivity index (χ1n) is 10.8. The molecule has 3 aromatic rings. The molecule has 2 aromatic carbocycles. The minimum atomic E-state index is 0.153. The molecule has 4 rings (SSSR count). The highest BCUT2D eigenvalue weighted by molar-refractivity contribution is 6.32. The van der Waals surface area contributed by atoms with Gasteiger partial charge in [0.25, 0.3) is 0 Å². The topological polar surface area (TPSA) is 56.2 Å². The molecule has 6 heteroatoms. The van der Waals surface area contributed by atoms with Crippen molar-refractivity contribution < 1.29 is 9.53 Å². The van der Waals surface area contributed by atoms with E-state index in [0.717, 1.165) is 55.5 Å². The van der Waals surface area contributed by atoms with Crippen molar-refractivity contribution in [2.75, 3.05) is 6.61 Å². The maximum Gasteiger partial charge on any atom is 0.223 e. The lowest BCUT2D eigenvalue weighted by Gasteiger charge is -2.20. The van der Waals surface area contributed by atoms with Crippen molar-refractivity contribution in [2.24, 2.45) is 5.92 Å². The minimum absolute atomic E-state index is 0.153. The van der Waals surface area contributed by atoms with Crippen molar-refractivity contribution in [3.05, 3.63) is 59.4 Å². The van der Waals surface area contributed by atoms with E-state index in [1.807, 2.05) is 42.5 Å². The monoisotopic (exact) mass is 425 g/mol. The molecule has 0 aliphatic heterocycles. The van der Waals surface area contributed by atoms with Crippen LogP contribution in [-0.4, -0.2) is 22.1 Å². The smallest absolute Gasteiger partial charge is 0.223 e. The lowest BCUT2D eigenvalue weighted by atomic mass is 9.89. The lowest BCUT2D eigenvalue weighted by Crippen LogP contribution is -2.32. The van der Waals surface area contributed by atoms with Gasteiger partial charge < -0.3 is 14.6 Å². The van der Waals surface area contributed by atoms with Gasteiger partial charge in [0.05, 0.1) is 29.2 Å². The SMILES string of the molecule is O=C(NCc1nc2ccccc2n1CCCOc1ccccc1Cl)C1CCCCC1. The molecule has 0 radical (unpaired) electrons. The zero-order valence-electron chi connectivity index (χ0n) is 17.1. The Hall–Kier alpha value is -2.53. The van der Waals surface area contributed by atoms with Crippen LogP contribution >= 0.6 is 11.6 Å². The fourth-order valence-corrected chi connectivity index (χ4v) is 4.34. The molecule has 158 valence electrons. The molecule has 0 bridgehead atoms. The first kappa shape index (κ1) is 20.7. The van der Waals surface area contributed by atoms with Crippen LogP contribution in [0.2, 0.25) is 5.02 Å². The number of carbonyl (C=O) groups excluding carboxylic acids is 1. The molecule has 1 aromatic heterocycles. The summed E-state index contributed by atoms with van der Waals surface area (Å²) in [4.78, 5) is 17.3.